The van der Waals surface area contributed by atoms with Gasteiger partial charge < -0.3 is 10.4 Å². The molecule has 2 aliphatic rings. The van der Waals surface area contributed by atoms with Crippen LogP contribution in [0.25, 0.3) is 0 Å². The smallest absolute Gasteiger partial charge is 0.308 e. The van der Waals surface area contributed by atoms with Crippen molar-refractivity contribution in [3.63, 3.8) is 0 Å². The predicted octanol–water partition coefficient (Wildman–Crippen LogP) is 2.78. The zero-order chi connectivity index (χ0) is 15.7. The highest BCUT2D eigenvalue weighted by Crippen LogP contribution is 2.43. The van der Waals surface area contributed by atoms with E-state index in [-0.39, 0.29) is 11.8 Å². The number of benzene rings is 1. The van der Waals surface area contributed by atoms with Gasteiger partial charge >= 0.3 is 5.97 Å². The van der Waals surface area contributed by atoms with Crippen molar-refractivity contribution in [2.45, 2.75) is 25.8 Å². The molecule has 0 aliphatic heterocycles. The maximum absolute atomic E-state index is 12.6. The molecule has 1 fully saturated rings. The molecule has 1 aromatic rings. The molecule has 5 unspecified atom stereocenters. The van der Waals surface area contributed by atoms with Crippen LogP contribution in [-0.4, -0.2) is 17.0 Å². The van der Waals surface area contributed by atoms with Gasteiger partial charge in [-0.25, -0.2) is 0 Å². The van der Waals surface area contributed by atoms with E-state index in [2.05, 4.69) is 17.5 Å². The standard InChI is InChI=1S/C18H21NO3/c1-11(18(21)22)16(13-5-3-2-4-6-13)19-17(20)15-10-12-7-8-14(15)9-12/h2-8,11-12,14-16H,9-10H2,1H3,(H,19,20)(H,21,22). The number of carboxylic acid groups (broad SMARTS) is 1. The molecule has 0 aromatic heterocycles. The molecule has 0 spiro atoms. The number of amides is 1. The summed E-state index contributed by atoms with van der Waals surface area (Å²) in [5.41, 5.74) is 0.837. The highest BCUT2D eigenvalue weighted by molar-refractivity contribution is 5.81. The van der Waals surface area contributed by atoms with Gasteiger partial charge in [0.2, 0.25) is 5.91 Å². The topological polar surface area (TPSA) is 66.4 Å². The molecule has 1 saturated carbocycles. The highest BCUT2D eigenvalue weighted by Gasteiger charge is 2.41. The fraction of sp³-hybridized carbons (Fsp3) is 0.444. The second-order valence-corrected chi connectivity index (χ2v) is 6.41. The molecule has 2 aliphatic carbocycles. The molecule has 4 nitrogen and oxygen atoms in total. The number of allylic oxidation sites excluding steroid dienone is 2. The Hall–Kier alpha value is -2.10. The second-order valence-electron chi connectivity index (χ2n) is 6.41. The highest BCUT2D eigenvalue weighted by atomic mass is 16.4. The van der Waals surface area contributed by atoms with Crippen molar-refractivity contribution in [2.75, 3.05) is 0 Å². The van der Waals surface area contributed by atoms with Gasteiger partial charge in [-0.05, 0) is 37.2 Å². The molecule has 1 aromatic carbocycles. The third kappa shape index (κ3) is 2.78. The fourth-order valence-electron chi connectivity index (χ4n) is 3.64. The third-order valence-electron chi connectivity index (χ3n) is 4.96. The quantitative estimate of drug-likeness (QED) is 0.822. The zero-order valence-electron chi connectivity index (χ0n) is 12.6. The van der Waals surface area contributed by atoms with Gasteiger partial charge in [-0.1, -0.05) is 42.5 Å². The Balaban J connectivity index is 1.77. The SMILES string of the molecule is CC(C(=O)O)C(NC(=O)C1CC2C=CC1C2)c1ccccc1. The molecule has 22 heavy (non-hydrogen) atoms. The summed E-state index contributed by atoms with van der Waals surface area (Å²) in [6, 6.07) is 8.85. The van der Waals surface area contributed by atoms with Crippen molar-refractivity contribution in [2.24, 2.45) is 23.7 Å². The second kappa shape index (κ2) is 5.95. The van der Waals surface area contributed by atoms with Crippen LogP contribution in [-0.2, 0) is 9.59 Å². The first kappa shape index (κ1) is 14.8. The molecule has 1 amide bonds. The Labute approximate surface area is 130 Å². The van der Waals surface area contributed by atoms with Gasteiger partial charge in [-0.15, -0.1) is 0 Å². The summed E-state index contributed by atoms with van der Waals surface area (Å²) in [6.45, 7) is 1.64. The van der Waals surface area contributed by atoms with Gasteiger partial charge in [0, 0.05) is 5.92 Å². The Morgan fingerprint density at radius 1 is 1.18 bits per heavy atom. The molecule has 2 N–H and O–H groups in total. The van der Waals surface area contributed by atoms with Gasteiger partial charge in [0.1, 0.15) is 0 Å². The van der Waals surface area contributed by atoms with Crippen molar-refractivity contribution in [3.05, 3.63) is 48.0 Å². The van der Waals surface area contributed by atoms with Gasteiger partial charge in [0.15, 0.2) is 0 Å². The molecule has 0 heterocycles. The van der Waals surface area contributed by atoms with E-state index in [1.807, 2.05) is 30.3 Å². The number of nitrogens with one attached hydrogen (secondary N) is 1. The summed E-state index contributed by atoms with van der Waals surface area (Å²) in [5.74, 6) is -0.752. The van der Waals surface area contributed by atoms with Crippen molar-refractivity contribution in [1.82, 2.24) is 5.32 Å². The van der Waals surface area contributed by atoms with Crippen LogP contribution >= 0.6 is 0 Å². The first-order valence-corrected chi connectivity index (χ1v) is 7.82. The van der Waals surface area contributed by atoms with Crippen LogP contribution in [0, 0.1) is 23.7 Å². The Kier molecular flexibility index (Phi) is 4.01. The summed E-state index contributed by atoms with van der Waals surface area (Å²) in [6.07, 6.45) is 6.28. The monoisotopic (exact) mass is 299 g/mol. The number of carbonyl (C=O) groups excluding carboxylic acids is 1. The molecule has 4 heteroatoms. The van der Waals surface area contributed by atoms with Crippen molar-refractivity contribution in [3.8, 4) is 0 Å². The minimum absolute atomic E-state index is 0.0118. The van der Waals surface area contributed by atoms with Crippen LogP contribution in [0.15, 0.2) is 42.5 Å². The number of hydrogen-bond donors (Lipinski definition) is 2. The van der Waals surface area contributed by atoms with Crippen LogP contribution in [0.3, 0.4) is 0 Å². The summed E-state index contributed by atoms with van der Waals surface area (Å²) in [7, 11) is 0. The van der Waals surface area contributed by atoms with Crippen molar-refractivity contribution < 1.29 is 14.7 Å². The van der Waals surface area contributed by atoms with Gasteiger partial charge in [0.05, 0.1) is 12.0 Å². The van der Waals surface area contributed by atoms with E-state index in [1.54, 1.807) is 6.92 Å². The van der Waals surface area contributed by atoms with Crippen LogP contribution < -0.4 is 5.32 Å². The van der Waals surface area contributed by atoms with E-state index in [9.17, 15) is 14.7 Å². The summed E-state index contributed by atoms with van der Waals surface area (Å²) >= 11 is 0. The van der Waals surface area contributed by atoms with Crippen LogP contribution in [0.5, 0.6) is 0 Å². The van der Waals surface area contributed by atoms with Gasteiger partial charge in [-0.2, -0.15) is 0 Å². The average Bonchev–Trinajstić information content (AvgIpc) is 3.15. The average molecular weight is 299 g/mol. The van der Waals surface area contributed by atoms with Gasteiger partial charge in [-0.3, -0.25) is 9.59 Å². The lowest BCUT2D eigenvalue weighted by Gasteiger charge is -2.26. The van der Waals surface area contributed by atoms with Gasteiger partial charge in [0.25, 0.3) is 0 Å². The molecule has 5 atom stereocenters. The molecule has 2 bridgehead atoms. The molecule has 0 saturated heterocycles. The molecular weight excluding hydrogens is 278 g/mol. The molecule has 0 radical (unpaired) electrons. The largest absolute Gasteiger partial charge is 0.481 e. The number of carboxylic acids is 1. The Bertz CT molecular complexity index is 596. The lowest BCUT2D eigenvalue weighted by Crippen LogP contribution is -2.40. The summed E-state index contributed by atoms with van der Waals surface area (Å²) in [5, 5.41) is 12.3. The minimum atomic E-state index is -0.901. The zero-order valence-corrected chi connectivity index (χ0v) is 12.6. The van der Waals surface area contributed by atoms with E-state index < -0.39 is 17.9 Å². The Morgan fingerprint density at radius 2 is 1.91 bits per heavy atom. The molecule has 3 rings (SSSR count). The lowest BCUT2D eigenvalue weighted by atomic mass is 9.90. The number of aliphatic carboxylic acids is 1. The number of hydrogen-bond acceptors (Lipinski definition) is 2. The minimum Gasteiger partial charge on any atom is -0.481 e. The van der Waals surface area contributed by atoms with Crippen LogP contribution in [0.1, 0.15) is 31.4 Å². The normalized spacial score (nSPS) is 28.3. The third-order valence-corrected chi connectivity index (χ3v) is 4.96. The molecular formula is C18H21NO3. The summed E-state index contributed by atoms with van der Waals surface area (Å²) < 4.78 is 0. The lowest BCUT2D eigenvalue weighted by molar-refractivity contribution is -0.142. The van der Waals surface area contributed by atoms with Crippen molar-refractivity contribution in [1.29, 1.82) is 0 Å². The first-order chi connectivity index (χ1) is 10.6. The van der Waals surface area contributed by atoms with Crippen LogP contribution in [0.2, 0.25) is 0 Å². The predicted molar refractivity (Wildman–Crippen MR) is 83.0 cm³/mol. The fourth-order valence-corrected chi connectivity index (χ4v) is 3.64. The van der Waals surface area contributed by atoms with E-state index in [1.165, 1.54) is 0 Å². The maximum Gasteiger partial charge on any atom is 0.308 e. The first-order valence-electron chi connectivity index (χ1n) is 7.82. The maximum atomic E-state index is 12.6. The summed E-state index contributed by atoms with van der Waals surface area (Å²) in [4.78, 5) is 24.0. The van der Waals surface area contributed by atoms with E-state index >= 15 is 0 Å². The molecule has 116 valence electrons. The number of carbonyl (C=O) groups is 2. The van der Waals surface area contributed by atoms with E-state index in [0.717, 1.165) is 18.4 Å². The number of fused-ring (bicyclic) bond motifs is 2. The van der Waals surface area contributed by atoms with E-state index in [0.29, 0.717) is 11.8 Å². The Morgan fingerprint density at radius 3 is 2.45 bits per heavy atom. The van der Waals surface area contributed by atoms with E-state index in [4.69, 9.17) is 0 Å². The number of rotatable bonds is 5. The van der Waals surface area contributed by atoms with Crippen LogP contribution in [0.4, 0.5) is 0 Å². The van der Waals surface area contributed by atoms with Crippen molar-refractivity contribution >= 4 is 11.9 Å².